The van der Waals surface area contributed by atoms with Gasteiger partial charge in [-0.2, -0.15) is 0 Å². The van der Waals surface area contributed by atoms with Crippen molar-refractivity contribution >= 4 is 29.0 Å². The molecule has 0 saturated carbocycles. The number of benzene rings is 3. The summed E-state index contributed by atoms with van der Waals surface area (Å²) in [5, 5.41) is 14.1. The van der Waals surface area contributed by atoms with Crippen LogP contribution < -0.4 is 5.32 Å². The molecule has 1 amide bonds. The molecule has 0 fully saturated rings. The number of halogens is 1. The summed E-state index contributed by atoms with van der Waals surface area (Å²) >= 11 is 1.29. The Hall–Kier alpha value is -3.14. The number of anilines is 1. The molecule has 3 aromatic rings. The van der Waals surface area contributed by atoms with Crippen molar-refractivity contribution in [2.75, 3.05) is 11.1 Å². The molecule has 0 aliphatic rings. The van der Waals surface area contributed by atoms with E-state index in [0.29, 0.717) is 11.4 Å². The number of aliphatic hydroxyl groups is 1. The SMILES string of the molecule is [C-]#[N+]c1ccc(NC(=O)[C@@](O)(CSc2ccc(F)cc2)Cc2ccccc2)cc1C. The van der Waals surface area contributed by atoms with Gasteiger partial charge in [-0.05, 0) is 54.4 Å². The lowest BCUT2D eigenvalue weighted by Gasteiger charge is -2.27. The van der Waals surface area contributed by atoms with Crippen LogP contribution in [0.3, 0.4) is 0 Å². The van der Waals surface area contributed by atoms with E-state index in [1.54, 1.807) is 37.3 Å². The zero-order valence-electron chi connectivity index (χ0n) is 16.4. The van der Waals surface area contributed by atoms with Crippen LogP contribution in [0.1, 0.15) is 11.1 Å². The topological polar surface area (TPSA) is 53.7 Å². The molecule has 0 aliphatic carbocycles. The minimum atomic E-state index is -1.69. The van der Waals surface area contributed by atoms with E-state index in [9.17, 15) is 14.3 Å². The van der Waals surface area contributed by atoms with Crippen LogP contribution in [0.4, 0.5) is 15.8 Å². The third-order valence-electron chi connectivity index (χ3n) is 4.63. The Labute approximate surface area is 179 Å². The van der Waals surface area contributed by atoms with Gasteiger partial charge in [0.25, 0.3) is 5.91 Å². The summed E-state index contributed by atoms with van der Waals surface area (Å²) in [5.74, 6) is -0.774. The molecule has 0 aliphatic heterocycles. The van der Waals surface area contributed by atoms with Gasteiger partial charge in [-0.15, -0.1) is 11.8 Å². The predicted molar refractivity (Wildman–Crippen MR) is 118 cm³/mol. The number of nitrogens with one attached hydrogen (secondary N) is 1. The largest absolute Gasteiger partial charge is 0.379 e. The van der Waals surface area contributed by atoms with Gasteiger partial charge in [-0.1, -0.05) is 36.4 Å². The molecular formula is C24H21FN2O2S. The van der Waals surface area contributed by atoms with Gasteiger partial charge in [0.05, 0.1) is 6.57 Å². The fraction of sp³-hybridized carbons (Fsp3) is 0.167. The van der Waals surface area contributed by atoms with Crippen LogP contribution in [0.5, 0.6) is 0 Å². The first-order valence-electron chi connectivity index (χ1n) is 9.34. The zero-order valence-corrected chi connectivity index (χ0v) is 17.2. The summed E-state index contributed by atoms with van der Waals surface area (Å²) in [7, 11) is 0. The van der Waals surface area contributed by atoms with Gasteiger partial charge in [0, 0.05) is 22.8 Å². The van der Waals surface area contributed by atoms with Crippen LogP contribution in [0.2, 0.25) is 0 Å². The van der Waals surface area contributed by atoms with Crippen LogP contribution >= 0.6 is 11.8 Å². The maximum atomic E-state index is 13.2. The molecule has 0 unspecified atom stereocenters. The van der Waals surface area contributed by atoms with Crippen molar-refractivity contribution in [2.24, 2.45) is 0 Å². The molecule has 3 rings (SSSR count). The highest BCUT2D eigenvalue weighted by molar-refractivity contribution is 7.99. The second-order valence-electron chi connectivity index (χ2n) is 7.00. The lowest BCUT2D eigenvalue weighted by atomic mass is 9.95. The van der Waals surface area contributed by atoms with Crippen molar-refractivity contribution in [1.82, 2.24) is 0 Å². The van der Waals surface area contributed by atoms with Crippen molar-refractivity contribution in [3.63, 3.8) is 0 Å². The van der Waals surface area contributed by atoms with Crippen LogP contribution in [-0.4, -0.2) is 22.4 Å². The van der Waals surface area contributed by atoms with Crippen LogP contribution in [-0.2, 0) is 11.2 Å². The van der Waals surface area contributed by atoms with Gasteiger partial charge in [0.2, 0.25) is 0 Å². The maximum Gasteiger partial charge on any atom is 0.257 e. The molecule has 4 nitrogen and oxygen atoms in total. The molecule has 0 heterocycles. The highest BCUT2D eigenvalue weighted by Crippen LogP contribution is 2.28. The third kappa shape index (κ3) is 5.47. The van der Waals surface area contributed by atoms with Gasteiger partial charge in [-0.25, -0.2) is 9.24 Å². The van der Waals surface area contributed by atoms with Crippen LogP contribution in [0.25, 0.3) is 4.85 Å². The molecule has 0 radical (unpaired) electrons. The summed E-state index contributed by atoms with van der Waals surface area (Å²) in [6.45, 7) is 8.94. The third-order valence-corrected chi connectivity index (χ3v) is 5.86. The second kappa shape index (κ2) is 9.57. The number of rotatable bonds is 7. The molecule has 152 valence electrons. The van der Waals surface area contributed by atoms with E-state index >= 15 is 0 Å². The maximum absolute atomic E-state index is 13.2. The van der Waals surface area contributed by atoms with Gasteiger partial charge < -0.3 is 10.4 Å². The number of amides is 1. The van der Waals surface area contributed by atoms with E-state index in [1.165, 1.54) is 23.9 Å². The molecule has 0 spiro atoms. The fourth-order valence-electron chi connectivity index (χ4n) is 2.97. The summed E-state index contributed by atoms with van der Waals surface area (Å²) in [5.41, 5.74) is 0.916. The highest BCUT2D eigenvalue weighted by atomic mass is 32.2. The van der Waals surface area contributed by atoms with Gasteiger partial charge >= 0.3 is 0 Å². The molecule has 0 aromatic heterocycles. The second-order valence-corrected chi connectivity index (χ2v) is 8.05. The van der Waals surface area contributed by atoms with E-state index < -0.39 is 11.5 Å². The van der Waals surface area contributed by atoms with Crippen molar-refractivity contribution in [3.05, 3.63) is 101 Å². The minimum absolute atomic E-state index is 0.0957. The molecule has 3 aromatic carbocycles. The average molecular weight is 421 g/mol. The summed E-state index contributed by atoms with van der Waals surface area (Å²) in [6.07, 6.45) is 0.132. The van der Waals surface area contributed by atoms with Gasteiger partial charge in [0.15, 0.2) is 11.3 Å². The Morgan fingerprint density at radius 3 is 2.47 bits per heavy atom. The zero-order chi connectivity index (χ0) is 21.6. The highest BCUT2D eigenvalue weighted by Gasteiger charge is 2.36. The van der Waals surface area contributed by atoms with E-state index in [2.05, 4.69) is 10.2 Å². The van der Waals surface area contributed by atoms with Crippen molar-refractivity contribution < 1.29 is 14.3 Å². The number of carbonyl (C=O) groups is 1. The first-order valence-corrected chi connectivity index (χ1v) is 10.3. The molecule has 0 saturated heterocycles. The number of hydrogen-bond acceptors (Lipinski definition) is 3. The Kier molecular flexibility index (Phi) is 6.88. The first-order chi connectivity index (χ1) is 14.4. The van der Waals surface area contributed by atoms with E-state index in [4.69, 9.17) is 6.57 Å². The molecule has 1 atom stereocenters. The molecular weight excluding hydrogens is 399 g/mol. The summed E-state index contributed by atoms with van der Waals surface area (Å²) < 4.78 is 13.2. The standard InChI is InChI=1S/C24H21FN2O2S/c1-17-14-20(10-13-22(17)26-2)27-23(28)24(29,15-18-6-4-3-5-7-18)16-30-21-11-8-19(25)9-12-21/h3-14,29H,15-16H2,1H3,(H,27,28)/t24-/m0/s1. The Balaban J connectivity index is 1.81. The quantitative estimate of drug-likeness (QED) is 0.398. The minimum Gasteiger partial charge on any atom is -0.379 e. The van der Waals surface area contributed by atoms with E-state index in [1.807, 2.05) is 30.3 Å². The average Bonchev–Trinajstić information content (AvgIpc) is 2.74. The predicted octanol–water partition coefficient (Wildman–Crippen LogP) is 5.39. The summed E-state index contributed by atoms with van der Waals surface area (Å²) in [4.78, 5) is 17.3. The Morgan fingerprint density at radius 2 is 1.83 bits per heavy atom. The first kappa shape index (κ1) is 21.6. The van der Waals surface area contributed by atoms with E-state index in [-0.39, 0.29) is 18.0 Å². The van der Waals surface area contributed by atoms with Crippen LogP contribution in [0, 0.1) is 19.3 Å². The lowest BCUT2D eigenvalue weighted by Crippen LogP contribution is -2.47. The Morgan fingerprint density at radius 1 is 1.13 bits per heavy atom. The fourth-order valence-corrected chi connectivity index (χ4v) is 3.94. The number of nitrogens with zero attached hydrogens (tertiary/aromatic N) is 1. The molecule has 0 bridgehead atoms. The number of aryl methyl sites for hydroxylation is 1. The molecule has 2 N–H and O–H groups in total. The normalized spacial score (nSPS) is 12.6. The monoisotopic (exact) mass is 420 g/mol. The van der Waals surface area contributed by atoms with Crippen molar-refractivity contribution in [2.45, 2.75) is 23.8 Å². The van der Waals surface area contributed by atoms with Gasteiger partial charge in [-0.3, -0.25) is 4.79 Å². The van der Waals surface area contributed by atoms with Crippen molar-refractivity contribution in [3.8, 4) is 0 Å². The Bertz CT molecular complexity index is 1060. The molecule has 30 heavy (non-hydrogen) atoms. The smallest absolute Gasteiger partial charge is 0.257 e. The number of hydrogen-bond donors (Lipinski definition) is 2. The van der Waals surface area contributed by atoms with E-state index in [0.717, 1.165) is 16.0 Å². The van der Waals surface area contributed by atoms with Crippen molar-refractivity contribution in [1.29, 1.82) is 0 Å². The number of thioether (sulfide) groups is 1. The summed E-state index contributed by atoms with van der Waals surface area (Å²) in [6, 6.07) is 20.2. The van der Waals surface area contributed by atoms with Gasteiger partial charge in [0.1, 0.15) is 5.82 Å². The lowest BCUT2D eigenvalue weighted by molar-refractivity contribution is -0.131. The van der Waals surface area contributed by atoms with Crippen LogP contribution in [0.15, 0.2) is 77.7 Å². The molecule has 6 heteroatoms. The number of carbonyl (C=O) groups excluding carboxylic acids is 1.